The Bertz CT molecular complexity index is 706. The van der Waals surface area contributed by atoms with Crippen LogP contribution in [0.25, 0.3) is 0 Å². The summed E-state index contributed by atoms with van der Waals surface area (Å²) >= 11 is 0. The molecule has 0 spiro atoms. The first-order chi connectivity index (χ1) is 12.0. The molecule has 1 aliphatic rings. The SMILES string of the molecule is CC(=O)N(Cc1cccnc1)C1CCN(c2nc(C)cc(C)n2)CC1. The molecule has 0 aromatic carbocycles. The van der Waals surface area contributed by atoms with Crippen molar-refractivity contribution in [3.8, 4) is 0 Å². The lowest BCUT2D eigenvalue weighted by Crippen LogP contribution is -2.46. The van der Waals surface area contributed by atoms with E-state index < -0.39 is 0 Å². The Morgan fingerprint density at radius 2 is 1.92 bits per heavy atom. The zero-order valence-corrected chi connectivity index (χ0v) is 15.1. The predicted octanol–water partition coefficient (Wildman–Crippen LogP) is 2.51. The number of carbonyl (C=O) groups excluding carboxylic acids is 1. The highest BCUT2D eigenvalue weighted by atomic mass is 16.2. The van der Waals surface area contributed by atoms with E-state index in [-0.39, 0.29) is 11.9 Å². The average Bonchev–Trinajstić information content (AvgIpc) is 2.60. The maximum atomic E-state index is 12.2. The number of hydrogen-bond acceptors (Lipinski definition) is 5. The smallest absolute Gasteiger partial charge is 0.225 e. The number of nitrogens with zero attached hydrogens (tertiary/aromatic N) is 5. The molecule has 2 aromatic heterocycles. The van der Waals surface area contributed by atoms with Crippen LogP contribution in [0.5, 0.6) is 0 Å². The molecule has 1 fully saturated rings. The molecule has 6 nitrogen and oxygen atoms in total. The lowest BCUT2D eigenvalue weighted by Gasteiger charge is -2.38. The maximum Gasteiger partial charge on any atom is 0.225 e. The van der Waals surface area contributed by atoms with Gasteiger partial charge in [-0.3, -0.25) is 9.78 Å². The van der Waals surface area contributed by atoms with E-state index in [0.717, 1.165) is 48.8 Å². The third kappa shape index (κ3) is 4.32. The highest BCUT2D eigenvalue weighted by molar-refractivity contribution is 5.73. The zero-order valence-electron chi connectivity index (χ0n) is 15.1. The van der Waals surface area contributed by atoms with Gasteiger partial charge in [-0.15, -0.1) is 0 Å². The molecular weight excluding hydrogens is 314 g/mol. The number of carbonyl (C=O) groups is 1. The summed E-state index contributed by atoms with van der Waals surface area (Å²) in [6.45, 7) is 7.99. The van der Waals surface area contributed by atoms with Crippen LogP contribution in [-0.2, 0) is 11.3 Å². The van der Waals surface area contributed by atoms with Crippen molar-refractivity contribution in [1.29, 1.82) is 0 Å². The first-order valence-corrected chi connectivity index (χ1v) is 8.76. The highest BCUT2D eigenvalue weighted by Crippen LogP contribution is 2.22. The van der Waals surface area contributed by atoms with Crippen molar-refractivity contribution in [3.05, 3.63) is 47.5 Å². The molecule has 0 unspecified atom stereocenters. The van der Waals surface area contributed by atoms with E-state index in [2.05, 4.69) is 19.9 Å². The average molecular weight is 339 g/mol. The van der Waals surface area contributed by atoms with Crippen molar-refractivity contribution in [1.82, 2.24) is 19.9 Å². The van der Waals surface area contributed by atoms with Crippen molar-refractivity contribution in [3.63, 3.8) is 0 Å². The Labute approximate surface area is 148 Å². The normalized spacial score (nSPS) is 15.2. The van der Waals surface area contributed by atoms with Crippen LogP contribution in [0.4, 0.5) is 5.95 Å². The number of aryl methyl sites for hydroxylation is 2. The first-order valence-electron chi connectivity index (χ1n) is 8.76. The van der Waals surface area contributed by atoms with Gasteiger partial charge in [-0.2, -0.15) is 0 Å². The Hall–Kier alpha value is -2.50. The molecule has 0 saturated carbocycles. The molecule has 132 valence electrons. The first kappa shape index (κ1) is 17.3. The molecule has 6 heteroatoms. The van der Waals surface area contributed by atoms with E-state index in [1.165, 1.54) is 0 Å². The van der Waals surface area contributed by atoms with Crippen LogP contribution in [0.2, 0.25) is 0 Å². The Balaban J connectivity index is 1.66. The lowest BCUT2D eigenvalue weighted by atomic mass is 10.0. The molecule has 1 aliphatic heterocycles. The number of rotatable bonds is 4. The Kier molecular flexibility index (Phi) is 5.26. The number of anilines is 1. The summed E-state index contributed by atoms with van der Waals surface area (Å²) in [5.41, 5.74) is 3.05. The summed E-state index contributed by atoms with van der Waals surface area (Å²) in [6, 6.07) is 6.16. The quantitative estimate of drug-likeness (QED) is 0.856. The second-order valence-corrected chi connectivity index (χ2v) is 6.68. The van der Waals surface area contributed by atoms with Crippen LogP contribution in [0.1, 0.15) is 36.7 Å². The molecule has 0 radical (unpaired) electrons. The predicted molar refractivity (Wildman–Crippen MR) is 97.2 cm³/mol. The van der Waals surface area contributed by atoms with Gasteiger partial charge in [0, 0.05) is 56.4 Å². The van der Waals surface area contributed by atoms with Gasteiger partial charge in [-0.05, 0) is 44.4 Å². The molecule has 2 aromatic rings. The van der Waals surface area contributed by atoms with Gasteiger partial charge < -0.3 is 9.80 Å². The molecule has 0 aliphatic carbocycles. The summed E-state index contributed by atoms with van der Waals surface area (Å²) < 4.78 is 0. The second kappa shape index (κ2) is 7.59. The zero-order chi connectivity index (χ0) is 17.8. The van der Waals surface area contributed by atoms with E-state index in [0.29, 0.717) is 6.54 Å². The third-order valence-corrected chi connectivity index (χ3v) is 4.64. The van der Waals surface area contributed by atoms with Gasteiger partial charge in [0.05, 0.1) is 0 Å². The molecule has 0 N–H and O–H groups in total. The molecule has 3 rings (SSSR count). The van der Waals surface area contributed by atoms with Gasteiger partial charge in [-0.25, -0.2) is 9.97 Å². The minimum absolute atomic E-state index is 0.116. The molecule has 1 amide bonds. The molecule has 0 bridgehead atoms. The second-order valence-electron chi connectivity index (χ2n) is 6.68. The highest BCUT2D eigenvalue weighted by Gasteiger charge is 2.27. The summed E-state index contributed by atoms with van der Waals surface area (Å²) in [6.07, 6.45) is 5.44. The van der Waals surface area contributed by atoms with E-state index >= 15 is 0 Å². The third-order valence-electron chi connectivity index (χ3n) is 4.64. The fraction of sp³-hybridized carbons (Fsp3) is 0.474. The van der Waals surface area contributed by atoms with Crippen molar-refractivity contribution >= 4 is 11.9 Å². The van der Waals surface area contributed by atoms with E-state index in [9.17, 15) is 4.79 Å². The number of pyridine rings is 1. The topological polar surface area (TPSA) is 62.2 Å². The Morgan fingerprint density at radius 1 is 1.24 bits per heavy atom. The summed E-state index contributed by atoms with van der Waals surface area (Å²) in [5.74, 6) is 0.919. The fourth-order valence-corrected chi connectivity index (χ4v) is 3.41. The van der Waals surface area contributed by atoms with Crippen molar-refractivity contribution in [2.45, 2.75) is 46.2 Å². The monoisotopic (exact) mass is 339 g/mol. The van der Waals surface area contributed by atoms with Crippen LogP contribution in [0, 0.1) is 13.8 Å². The lowest BCUT2D eigenvalue weighted by molar-refractivity contribution is -0.132. The summed E-state index contributed by atoms with van der Waals surface area (Å²) in [5, 5.41) is 0. The van der Waals surface area contributed by atoms with Crippen LogP contribution in [-0.4, -0.2) is 44.9 Å². The van der Waals surface area contributed by atoms with Crippen LogP contribution < -0.4 is 4.90 Å². The van der Waals surface area contributed by atoms with Crippen LogP contribution in [0.3, 0.4) is 0 Å². The van der Waals surface area contributed by atoms with Gasteiger partial charge in [0.25, 0.3) is 0 Å². The van der Waals surface area contributed by atoms with Crippen molar-refractivity contribution in [2.24, 2.45) is 0 Å². The number of piperidine rings is 1. The minimum atomic E-state index is 0.116. The molecule has 3 heterocycles. The van der Waals surface area contributed by atoms with Crippen molar-refractivity contribution in [2.75, 3.05) is 18.0 Å². The molecule has 25 heavy (non-hydrogen) atoms. The Morgan fingerprint density at radius 3 is 2.48 bits per heavy atom. The maximum absolute atomic E-state index is 12.2. The summed E-state index contributed by atoms with van der Waals surface area (Å²) in [7, 11) is 0. The van der Waals surface area contributed by atoms with Crippen LogP contribution >= 0.6 is 0 Å². The van der Waals surface area contributed by atoms with Crippen LogP contribution in [0.15, 0.2) is 30.6 Å². The fourth-order valence-electron chi connectivity index (χ4n) is 3.41. The van der Waals surface area contributed by atoms with Crippen molar-refractivity contribution < 1.29 is 4.79 Å². The van der Waals surface area contributed by atoms with E-state index in [1.807, 2.05) is 43.1 Å². The number of amides is 1. The van der Waals surface area contributed by atoms with Gasteiger partial charge in [0.1, 0.15) is 0 Å². The molecular formula is C19H25N5O. The summed E-state index contributed by atoms with van der Waals surface area (Å²) in [4.78, 5) is 29.6. The molecule has 1 saturated heterocycles. The van der Waals surface area contributed by atoms with Gasteiger partial charge in [-0.1, -0.05) is 6.07 Å². The largest absolute Gasteiger partial charge is 0.341 e. The standard InChI is InChI=1S/C19H25N5O/c1-14-11-15(2)22-19(21-14)23-9-6-18(7-10-23)24(16(3)25)13-17-5-4-8-20-12-17/h4-5,8,11-12,18H,6-7,9-10,13H2,1-3H3. The van der Waals surface area contributed by atoms with Gasteiger partial charge in [0.15, 0.2) is 0 Å². The number of aromatic nitrogens is 3. The minimum Gasteiger partial charge on any atom is -0.341 e. The molecule has 0 atom stereocenters. The van der Waals surface area contributed by atoms with E-state index in [4.69, 9.17) is 0 Å². The van der Waals surface area contributed by atoms with Gasteiger partial charge in [0.2, 0.25) is 11.9 Å². The number of hydrogen-bond donors (Lipinski definition) is 0. The van der Waals surface area contributed by atoms with Gasteiger partial charge >= 0.3 is 0 Å². The van der Waals surface area contributed by atoms with E-state index in [1.54, 1.807) is 13.1 Å².